The minimum Gasteiger partial charge on any atom is -0.496 e. The highest BCUT2D eigenvalue weighted by atomic mass is 16.5. The second-order valence-corrected chi connectivity index (χ2v) is 3.52. The van der Waals surface area contributed by atoms with Crippen LogP contribution in [0.15, 0.2) is 12.1 Å². The maximum absolute atomic E-state index is 5.35. The second-order valence-electron chi connectivity index (χ2n) is 3.52. The molecule has 1 nitrogen and oxygen atoms in total. The molecule has 1 aliphatic carbocycles. The highest BCUT2D eigenvalue weighted by molar-refractivity contribution is 5.68. The quantitative estimate of drug-likeness (QED) is 0.636. The van der Waals surface area contributed by atoms with Crippen molar-refractivity contribution in [1.29, 1.82) is 0 Å². The maximum atomic E-state index is 5.35. The number of hydrogen-bond donors (Lipinski definition) is 0. The molecule has 0 N–H and O–H groups in total. The van der Waals surface area contributed by atoms with Crippen LogP contribution >= 0.6 is 0 Å². The van der Waals surface area contributed by atoms with Gasteiger partial charge in [-0.3, -0.25) is 0 Å². The summed E-state index contributed by atoms with van der Waals surface area (Å²) in [6.07, 6.45) is 5.40. The predicted octanol–water partition coefficient (Wildman–Crippen LogP) is 2.88. The second kappa shape index (κ2) is 2.91. The Morgan fingerprint density at radius 3 is 2.77 bits per heavy atom. The molecule has 0 unspecified atom stereocenters. The lowest BCUT2D eigenvalue weighted by molar-refractivity contribution is 0.410. The van der Waals surface area contributed by atoms with Crippen LogP contribution in [0.5, 0.6) is 5.75 Å². The average Bonchev–Trinajstić information content (AvgIpc) is 2.60. The summed E-state index contributed by atoms with van der Waals surface area (Å²) in [5, 5.41) is 0. The number of fused-ring (bicyclic) bond motifs is 1. The molecule has 0 bridgehead atoms. The number of methoxy groups -OCH3 is 1. The summed E-state index contributed by atoms with van der Waals surface area (Å²) < 4.78 is 5.35. The first-order valence-corrected chi connectivity index (χ1v) is 4.57. The number of hydrogen-bond acceptors (Lipinski definition) is 1. The first-order chi connectivity index (χ1) is 6.24. The van der Waals surface area contributed by atoms with Gasteiger partial charge in [-0.15, -0.1) is 0 Å². The summed E-state index contributed by atoms with van der Waals surface area (Å²) in [5.41, 5.74) is 5.38. The van der Waals surface area contributed by atoms with Gasteiger partial charge in [0.05, 0.1) is 7.11 Å². The van der Waals surface area contributed by atoms with E-state index in [9.17, 15) is 0 Å². The molecule has 2 rings (SSSR count). The van der Waals surface area contributed by atoms with Gasteiger partial charge in [-0.1, -0.05) is 12.2 Å². The van der Waals surface area contributed by atoms with E-state index >= 15 is 0 Å². The zero-order valence-corrected chi connectivity index (χ0v) is 8.35. The molecular formula is C12H14O. The molecule has 0 amide bonds. The lowest BCUT2D eigenvalue weighted by Crippen LogP contribution is -1.95. The van der Waals surface area contributed by atoms with Crippen molar-refractivity contribution in [2.75, 3.05) is 7.11 Å². The first-order valence-electron chi connectivity index (χ1n) is 4.57. The molecule has 0 atom stereocenters. The summed E-state index contributed by atoms with van der Waals surface area (Å²) in [7, 11) is 1.74. The number of allylic oxidation sites excluding steroid dienone is 1. The van der Waals surface area contributed by atoms with E-state index in [0.717, 1.165) is 12.2 Å². The minimum absolute atomic E-state index is 1.01. The van der Waals surface area contributed by atoms with Gasteiger partial charge in [-0.25, -0.2) is 0 Å². The van der Waals surface area contributed by atoms with Crippen molar-refractivity contribution in [3.63, 3.8) is 0 Å². The summed E-state index contributed by atoms with van der Waals surface area (Å²) in [6, 6.07) is 2.13. The fourth-order valence-corrected chi connectivity index (χ4v) is 1.88. The molecule has 0 heterocycles. The molecule has 0 radical (unpaired) electrons. The first kappa shape index (κ1) is 8.36. The predicted molar refractivity (Wildman–Crippen MR) is 55.2 cm³/mol. The van der Waals surface area contributed by atoms with Crippen LogP contribution < -0.4 is 4.74 Å². The summed E-state index contributed by atoms with van der Waals surface area (Å²) in [5.74, 6) is 1.03. The largest absolute Gasteiger partial charge is 0.496 e. The van der Waals surface area contributed by atoms with Crippen molar-refractivity contribution in [3.8, 4) is 5.75 Å². The number of ether oxygens (including phenoxy) is 1. The van der Waals surface area contributed by atoms with Crippen molar-refractivity contribution < 1.29 is 4.74 Å². The van der Waals surface area contributed by atoms with Crippen LogP contribution in [0.2, 0.25) is 0 Å². The molecule has 0 aliphatic heterocycles. The van der Waals surface area contributed by atoms with Crippen molar-refractivity contribution in [3.05, 3.63) is 34.4 Å². The zero-order chi connectivity index (χ0) is 9.42. The average molecular weight is 174 g/mol. The van der Waals surface area contributed by atoms with Gasteiger partial charge < -0.3 is 4.74 Å². The van der Waals surface area contributed by atoms with E-state index in [-0.39, 0.29) is 0 Å². The van der Waals surface area contributed by atoms with Gasteiger partial charge in [-0.05, 0) is 43.0 Å². The number of rotatable bonds is 1. The van der Waals surface area contributed by atoms with Crippen LogP contribution in [-0.2, 0) is 6.42 Å². The van der Waals surface area contributed by atoms with Crippen LogP contribution in [0.25, 0.3) is 6.08 Å². The van der Waals surface area contributed by atoms with E-state index in [1.54, 1.807) is 7.11 Å². The Labute approximate surface area is 79.0 Å². The normalized spacial score (nSPS) is 13.2. The van der Waals surface area contributed by atoms with Gasteiger partial charge in [-0.2, -0.15) is 0 Å². The van der Waals surface area contributed by atoms with E-state index in [1.807, 2.05) is 0 Å². The van der Waals surface area contributed by atoms with Crippen molar-refractivity contribution in [1.82, 2.24) is 0 Å². The topological polar surface area (TPSA) is 9.23 Å². The molecule has 1 heteroatoms. The van der Waals surface area contributed by atoms with E-state index in [1.165, 1.54) is 22.3 Å². The molecule has 0 saturated carbocycles. The Balaban J connectivity index is 2.68. The van der Waals surface area contributed by atoms with E-state index in [4.69, 9.17) is 4.74 Å². The van der Waals surface area contributed by atoms with Crippen LogP contribution in [0.1, 0.15) is 22.3 Å². The van der Waals surface area contributed by atoms with Gasteiger partial charge in [0, 0.05) is 5.56 Å². The van der Waals surface area contributed by atoms with E-state index in [0.29, 0.717) is 0 Å². The molecule has 68 valence electrons. The number of aryl methyl sites for hydroxylation is 1. The van der Waals surface area contributed by atoms with E-state index < -0.39 is 0 Å². The number of benzene rings is 1. The van der Waals surface area contributed by atoms with Gasteiger partial charge in [0.15, 0.2) is 0 Å². The Morgan fingerprint density at radius 1 is 1.31 bits per heavy atom. The fourth-order valence-electron chi connectivity index (χ4n) is 1.88. The highest BCUT2D eigenvalue weighted by Crippen LogP contribution is 2.33. The Kier molecular flexibility index (Phi) is 1.87. The molecule has 0 spiro atoms. The molecule has 13 heavy (non-hydrogen) atoms. The highest BCUT2D eigenvalue weighted by Gasteiger charge is 2.14. The summed E-state index contributed by atoms with van der Waals surface area (Å²) in [6.45, 7) is 4.30. The standard InChI is InChI=1S/C12H14O/c1-8-7-12(13-3)11-6-4-5-10(11)9(8)2/h4-5,7H,6H2,1-3H3. The van der Waals surface area contributed by atoms with Gasteiger partial charge in [0.2, 0.25) is 0 Å². The molecular weight excluding hydrogens is 160 g/mol. The molecule has 1 aromatic rings. The SMILES string of the molecule is COc1cc(C)c(C)c2c1CC=C2. The molecule has 1 aliphatic rings. The molecule has 1 aromatic carbocycles. The Morgan fingerprint density at radius 2 is 2.08 bits per heavy atom. The minimum atomic E-state index is 1.01. The summed E-state index contributed by atoms with van der Waals surface area (Å²) in [4.78, 5) is 0. The molecule has 0 fully saturated rings. The third-order valence-corrected chi connectivity index (χ3v) is 2.79. The van der Waals surface area contributed by atoms with Crippen molar-refractivity contribution in [2.24, 2.45) is 0 Å². The summed E-state index contributed by atoms with van der Waals surface area (Å²) >= 11 is 0. The molecule has 0 aromatic heterocycles. The van der Waals surface area contributed by atoms with Gasteiger partial charge in [0.1, 0.15) is 5.75 Å². The van der Waals surface area contributed by atoms with Crippen LogP contribution in [0.3, 0.4) is 0 Å². The maximum Gasteiger partial charge on any atom is 0.123 e. The van der Waals surface area contributed by atoms with Crippen molar-refractivity contribution >= 4 is 6.08 Å². The van der Waals surface area contributed by atoms with Gasteiger partial charge in [0.25, 0.3) is 0 Å². The van der Waals surface area contributed by atoms with Crippen molar-refractivity contribution in [2.45, 2.75) is 20.3 Å². The zero-order valence-electron chi connectivity index (χ0n) is 8.35. The van der Waals surface area contributed by atoms with Crippen LogP contribution in [0.4, 0.5) is 0 Å². The Hall–Kier alpha value is -1.24. The molecule has 0 saturated heterocycles. The lowest BCUT2D eigenvalue weighted by atomic mass is 9.99. The smallest absolute Gasteiger partial charge is 0.123 e. The van der Waals surface area contributed by atoms with Crippen LogP contribution in [-0.4, -0.2) is 7.11 Å². The monoisotopic (exact) mass is 174 g/mol. The van der Waals surface area contributed by atoms with Gasteiger partial charge >= 0.3 is 0 Å². The third kappa shape index (κ3) is 1.15. The third-order valence-electron chi connectivity index (χ3n) is 2.79. The Bertz CT molecular complexity index is 375. The van der Waals surface area contributed by atoms with Crippen LogP contribution in [0, 0.1) is 13.8 Å². The van der Waals surface area contributed by atoms with E-state index in [2.05, 4.69) is 32.1 Å². The fraction of sp³-hybridized carbons (Fsp3) is 0.333. The lowest BCUT2D eigenvalue weighted by Gasteiger charge is -2.12.